The van der Waals surface area contributed by atoms with Crippen LogP contribution in [0.25, 0.3) is 0 Å². The highest BCUT2D eigenvalue weighted by Crippen LogP contribution is 2.02. The molecule has 0 bridgehead atoms. The number of aliphatic hydroxyl groups excluding tert-OH is 1. The van der Waals surface area contributed by atoms with Crippen molar-refractivity contribution in [1.29, 1.82) is 0 Å². The smallest absolute Gasteiger partial charge is 0.0969 e. The van der Waals surface area contributed by atoms with E-state index in [1.54, 1.807) is 4.68 Å². The van der Waals surface area contributed by atoms with Gasteiger partial charge in [-0.15, -0.1) is 5.10 Å². The van der Waals surface area contributed by atoms with Gasteiger partial charge in [0, 0.05) is 6.20 Å². The van der Waals surface area contributed by atoms with Gasteiger partial charge in [-0.05, 0) is 39.7 Å². The highest BCUT2D eigenvalue weighted by atomic mass is 16.5. The second-order valence-electron chi connectivity index (χ2n) is 4.71. The van der Waals surface area contributed by atoms with Gasteiger partial charge >= 0.3 is 0 Å². The van der Waals surface area contributed by atoms with Gasteiger partial charge in [0.25, 0.3) is 0 Å². The maximum absolute atomic E-state index is 9.74. The van der Waals surface area contributed by atoms with Crippen LogP contribution in [0.15, 0.2) is 6.20 Å². The minimum Gasteiger partial charge on any atom is -0.389 e. The van der Waals surface area contributed by atoms with Crippen LogP contribution in [0.1, 0.15) is 32.4 Å². The number of unbranched alkanes of at least 4 members (excludes halogenated alkanes) is 1. The molecular formula is C12H24N4O2. The molecule has 18 heavy (non-hydrogen) atoms. The molecule has 1 atom stereocenters. The number of aliphatic hydroxyl groups is 1. The third-order valence-corrected chi connectivity index (χ3v) is 2.49. The predicted octanol–water partition coefficient (Wildman–Crippen LogP) is 0.345. The maximum Gasteiger partial charge on any atom is 0.0969 e. The van der Waals surface area contributed by atoms with Crippen molar-refractivity contribution in [3.63, 3.8) is 0 Å². The molecule has 104 valence electrons. The van der Waals surface area contributed by atoms with Crippen LogP contribution in [0.5, 0.6) is 0 Å². The van der Waals surface area contributed by atoms with Gasteiger partial charge in [-0.3, -0.25) is 0 Å². The van der Waals surface area contributed by atoms with Gasteiger partial charge < -0.3 is 15.6 Å². The van der Waals surface area contributed by atoms with Gasteiger partial charge in [0.05, 0.1) is 31.1 Å². The first-order chi connectivity index (χ1) is 8.61. The molecule has 6 nitrogen and oxygen atoms in total. The fraction of sp³-hybridized carbons (Fsp3) is 0.833. The molecule has 1 heterocycles. The third kappa shape index (κ3) is 6.09. The lowest BCUT2D eigenvalue weighted by Crippen LogP contribution is -2.24. The highest BCUT2D eigenvalue weighted by Gasteiger charge is 2.08. The van der Waals surface area contributed by atoms with Gasteiger partial charge in [0.15, 0.2) is 0 Å². The van der Waals surface area contributed by atoms with Gasteiger partial charge in [-0.25, -0.2) is 4.68 Å². The zero-order chi connectivity index (χ0) is 13.4. The summed E-state index contributed by atoms with van der Waals surface area (Å²) >= 11 is 0. The molecule has 1 unspecified atom stereocenters. The topological polar surface area (TPSA) is 86.2 Å². The lowest BCUT2D eigenvalue weighted by molar-refractivity contribution is -0.00221. The van der Waals surface area contributed by atoms with E-state index in [0.717, 1.165) is 25.0 Å². The van der Waals surface area contributed by atoms with Crippen molar-refractivity contribution in [2.24, 2.45) is 5.73 Å². The molecule has 1 aromatic heterocycles. The summed E-state index contributed by atoms with van der Waals surface area (Å²) in [5.41, 5.74) is 6.38. The SMILES string of the molecule is CC(C)OCC(O)Cn1cc(CCCCN)nn1. The van der Waals surface area contributed by atoms with Crippen molar-refractivity contribution in [3.8, 4) is 0 Å². The lowest BCUT2D eigenvalue weighted by Gasteiger charge is -2.12. The van der Waals surface area contributed by atoms with Crippen LogP contribution in [0.4, 0.5) is 0 Å². The van der Waals surface area contributed by atoms with Crippen LogP contribution in [0.2, 0.25) is 0 Å². The number of ether oxygens (including phenoxy) is 1. The Bertz CT molecular complexity index is 328. The second kappa shape index (κ2) is 8.18. The van der Waals surface area contributed by atoms with Crippen LogP contribution >= 0.6 is 0 Å². The van der Waals surface area contributed by atoms with Crippen LogP contribution in [0, 0.1) is 0 Å². The van der Waals surface area contributed by atoms with Crippen molar-refractivity contribution in [2.45, 2.75) is 51.9 Å². The average Bonchev–Trinajstić information content (AvgIpc) is 2.74. The summed E-state index contributed by atoms with van der Waals surface area (Å²) in [4.78, 5) is 0. The fourth-order valence-corrected chi connectivity index (χ4v) is 1.56. The molecule has 0 spiro atoms. The van der Waals surface area contributed by atoms with E-state index in [2.05, 4.69) is 10.3 Å². The molecule has 0 aliphatic rings. The highest BCUT2D eigenvalue weighted by molar-refractivity contribution is 4.92. The number of aryl methyl sites for hydroxylation is 1. The molecule has 0 saturated carbocycles. The van der Waals surface area contributed by atoms with Crippen LogP contribution in [-0.2, 0) is 17.7 Å². The van der Waals surface area contributed by atoms with Crippen LogP contribution < -0.4 is 5.73 Å². The van der Waals surface area contributed by atoms with Crippen molar-refractivity contribution >= 4 is 0 Å². The molecule has 0 amide bonds. The van der Waals surface area contributed by atoms with Crippen molar-refractivity contribution in [1.82, 2.24) is 15.0 Å². The Hall–Kier alpha value is -0.980. The van der Waals surface area contributed by atoms with Gasteiger partial charge in [0.2, 0.25) is 0 Å². The van der Waals surface area contributed by atoms with Gasteiger partial charge in [-0.1, -0.05) is 5.21 Å². The van der Waals surface area contributed by atoms with Crippen molar-refractivity contribution < 1.29 is 9.84 Å². The Morgan fingerprint density at radius 1 is 1.44 bits per heavy atom. The summed E-state index contributed by atoms with van der Waals surface area (Å²) in [5.74, 6) is 0. The lowest BCUT2D eigenvalue weighted by atomic mass is 10.2. The van der Waals surface area contributed by atoms with Crippen molar-refractivity contribution in [3.05, 3.63) is 11.9 Å². The van der Waals surface area contributed by atoms with Crippen LogP contribution in [-0.4, -0.2) is 45.5 Å². The first kappa shape index (κ1) is 15.1. The standard InChI is InChI=1S/C12H24N4O2/c1-10(2)18-9-12(17)8-16-7-11(14-15-16)5-3-4-6-13/h7,10,12,17H,3-6,8-9,13H2,1-2H3. The van der Waals surface area contributed by atoms with E-state index in [1.807, 2.05) is 20.0 Å². The summed E-state index contributed by atoms with van der Waals surface area (Å²) < 4.78 is 7.00. The molecule has 0 aromatic carbocycles. The summed E-state index contributed by atoms with van der Waals surface area (Å²) in [6.45, 7) is 5.32. The Kier molecular flexibility index (Phi) is 6.85. The predicted molar refractivity (Wildman–Crippen MR) is 69.1 cm³/mol. The van der Waals surface area contributed by atoms with E-state index in [4.69, 9.17) is 10.5 Å². The molecule has 0 saturated heterocycles. The number of nitrogens with two attached hydrogens (primary N) is 1. The summed E-state index contributed by atoms with van der Waals surface area (Å²) in [6, 6.07) is 0. The molecular weight excluding hydrogens is 232 g/mol. The molecule has 0 fully saturated rings. The number of nitrogens with zero attached hydrogens (tertiary/aromatic N) is 3. The maximum atomic E-state index is 9.74. The Morgan fingerprint density at radius 2 is 2.22 bits per heavy atom. The van der Waals surface area contributed by atoms with Gasteiger partial charge in [0.1, 0.15) is 0 Å². The number of rotatable bonds is 9. The first-order valence-corrected chi connectivity index (χ1v) is 6.50. The minimum absolute atomic E-state index is 0.127. The molecule has 1 rings (SSSR count). The van der Waals surface area contributed by atoms with E-state index >= 15 is 0 Å². The molecule has 3 N–H and O–H groups in total. The molecule has 1 aromatic rings. The van der Waals surface area contributed by atoms with E-state index in [1.165, 1.54) is 0 Å². The Labute approximate surface area is 108 Å². The zero-order valence-corrected chi connectivity index (χ0v) is 11.2. The molecule has 6 heteroatoms. The van der Waals surface area contributed by atoms with Crippen LogP contribution in [0.3, 0.4) is 0 Å². The molecule has 0 radical (unpaired) electrons. The number of hydrogen-bond acceptors (Lipinski definition) is 5. The largest absolute Gasteiger partial charge is 0.389 e. The Balaban J connectivity index is 2.29. The van der Waals surface area contributed by atoms with E-state index in [0.29, 0.717) is 19.7 Å². The number of hydrogen-bond donors (Lipinski definition) is 2. The normalized spacial score (nSPS) is 13.2. The quantitative estimate of drug-likeness (QED) is 0.622. The minimum atomic E-state index is -0.550. The molecule has 0 aliphatic carbocycles. The van der Waals surface area contributed by atoms with E-state index in [9.17, 15) is 5.11 Å². The third-order valence-electron chi connectivity index (χ3n) is 2.49. The Morgan fingerprint density at radius 3 is 2.89 bits per heavy atom. The summed E-state index contributed by atoms with van der Waals surface area (Å²) in [5, 5.41) is 17.8. The first-order valence-electron chi connectivity index (χ1n) is 6.50. The average molecular weight is 256 g/mol. The second-order valence-corrected chi connectivity index (χ2v) is 4.71. The summed E-state index contributed by atoms with van der Waals surface area (Å²) in [6.07, 6.45) is 4.35. The fourth-order valence-electron chi connectivity index (χ4n) is 1.56. The van der Waals surface area contributed by atoms with Crippen molar-refractivity contribution in [2.75, 3.05) is 13.2 Å². The van der Waals surface area contributed by atoms with Gasteiger partial charge in [-0.2, -0.15) is 0 Å². The monoisotopic (exact) mass is 256 g/mol. The zero-order valence-electron chi connectivity index (χ0n) is 11.2. The summed E-state index contributed by atoms with van der Waals surface area (Å²) in [7, 11) is 0. The van der Waals surface area contributed by atoms with E-state index < -0.39 is 6.10 Å². The van der Waals surface area contributed by atoms with E-state index in [-0.39, 0.29) is 6.10 Å². The number of aromatic nitrogens is 3. The molecule has 0 aliphatic heterocycles.